The average molecular weight is 300 g/mol. The number of fused-ring (bicyclic) bond motifs is 3. The lowest BCUT2D eigenvalue weighted by Crippen LogP contribution is -2.23. The molecule has 0 saturated carbocycles. The first-order valence-electron chi connectivity index (χ1n) is 8.57. The van der Waals surface area contributed by atoms with E-state index in [2.05, 4.69) is 76.3 Å². The second-order valence-corrected chi connectivity index (χ2v) is 7.57. The summed E-state index contributed by atoms with van der Waals surface area (Å²) < 4.78 is 0. The minimum Gasteiger partial charge on any atom is -0.0804 e. The molecule has 2 aromatic carbocycles. The molecule has 0 nitrogen and oxygen atoms in total. The van der Waals surface area contributed by atoms with Gasteiger partial charge in [-0.1, -0.05) is 73.5 Å². The van der Waals surface area contributed by atoms with Crippen LogP contribution in [0.15, 0.2) is 54.1 Å². The maximum atomic E-state index is 2.39. The molecule has 0 amide bonds. The number of benzene rings is 2. The van der Waals surface area contributed by atoms with E-state index in [1.54, 1.807) is 11.1 Å². The fourth-order valence-corrected chi connectivity index (χ4v) is 4.46. The third-order valence-corrected chi connectivity index (χ3v) is 5.64. The monoisotopic (exact) mass is 300 g/mol. The predicted octanol–water partition coefficient (Wildman–Crippen LogP) is 6.04. The number of rotatable bonds is 2. The van der Waals surface area contributed by atoms with E-state index in [0.717, 1.165) is 12.8 Å². The SMILES string of the molecule is Cc1ccc2c(c1)Cc1c-2ccc(C)c1C(C)(C)C1=CC=CC1. The Balaban J connectivity index is 1.91. The molecule has 0 bridgehead atoms. The Bertz CT molecular complexity index is 860. The topological polar surface area (TPSA) is 0 Å². The van der Waals surface area contributed by atoms with Crippen molar-refractivity contribution < 1.29 is 0 Å². The predicted molar refractivity (Wildman–Crippen MR) is 99.0 cm³/mol. The number of hydrogen-bond acceptors (Lipinski definition) is 0. The summed E-state index contributed by atoms with van der Waals surface area (Å²) >= 11 is 0. The van der Waals surface area contributed by atoms with E-state index < -0.39 is 0 Å². The van der Waals surface area contributed by atoms with Crippen molar-refractivity contribution >= 4 is 0 Å². The molecule has 0 heterocycles. The van der Waals surface area contributed by atoms with E-state index >= 15 is 0 Å². The minimum atomic E-state index is 0.0933. The van der Waals surface area contributed by atoms with Gasteiger partial charge in [-0.15, -0.1) is 0 Å². The summed E-state index contributed by atoms with van der Waals surface area (Å²) in [5.41, 5.74) is 11.9. The van der Waals surface area contributed by atoms with Crippen molar-refractivity contribution in [3.05, 3.63) is 82.0 Å². The lowest BCUT2D eigenvalue weighted by atomic mass is 9.72. The Labute approximate surface area is 139 Å². The van der Waals surface area contributed by atoms with Crippen LogP contribution in [0.1, 0.15) is 48.1 Å². The first kappa shape index (κ1) is 14.5. The van der Waals surface area contributed by atoms with Crippen LogP contribution >= 0.6 is 0 Å². The van der Waals surface area contributed by atoms with Crippen LogP contribution in [0.2, 0.25) is 0 Å². The molecule has 0 aliphatic heterocycles. The highest BCUT2D eigenvalue weighted by molar-refractivity contribution is 5.79. The van der Waals surface area contributed by atoms with Gasteiger partial charge in [0.05, 0.1) is 0 Å². The molecule has 2 aliphatic carbocycles. The van der Waals surface area contributed by atoms with Crippen LogP contribution in [-0.2, 0) is 11.8 Å². The van der Waals surface area contributed by atoms with Crippen LogP contribution in [0.4, 0.5) is 0 Å². The number of aryl methyl sites for hydroxylation is 2. The minimum absolute atomic E-state index is 0.0933. The van der Waals surface area contributed by atoms with E-state index in [4.69, 9.17) is 0 Å². The quantitative estimate of drug-likeness (QED) is 0.541. The zero-order valence-corrected chi connectivity index (χ0v) is 14.5. The maximum Gasteiger partial charge on any atom is 0.0117 e. The first-order chi connectivity index (χ1) is 11.0. The molecule has 0 heteroatoms. The Kier molecular flexibility index (Phi) is 3.13. The van der Waals surface area contributed by atoms with Gasteiger partial charge in [0.25, 0.3) is 0 Å². The van der Waals surface area contributed by atoms with Crippen LogP contribution in [-0.4, -0.2) is 0 Å². The van der Waals surface area contributed by atoms with Crippen LogP contribution in [0.25, 0.3) is 11.1 Å². The Morgan fingerprint density at radius 3 is 2.48 bits per heavy atom. The summed E-state index contributed by atoms with van der Waals surface area (Å²) in [4.78, 5) is 0. The second-order valence-electron chi connectivity index (χ2n) is 7.57. The zero-order valence-electron chi connectivity index (χ0n) is 14.5. The molecular weight excluding hydrogens is 276 g/mol. The smallest absolute Gasteiger partial charge is 0.0117 e. The molecule has 2 aromatic rings. The van der Waals surface area contributed by atoms with Crippen molar-refractivity contribution in [1.29, 1.82) is 0 Å². The maximum absolute atomic E-state index is 2.39. The fraction of sp³-hybridized carbons (Fsp3) is 0.304. The van der Waals surface area contributed by atoms with Gasteiger partial charge in [-0.25, -0.2) is 0 Å². The Morgan fingerprint density at radius 2 is 1.74 bits per heavy atom. The number of allylic oxidation sites excluding steroid dienone is 4. The summed E-state index contributed by atoms with van der Waals surface area (Å²) in [7, 11) is 0. The summed E-state index contributed by atoms with van der Waals surface area (Å²) in [6.07, 6.45) is 8.95. The van der Waals surface area contributed by atoms with E-state index in [0.29, 0.717) is 0 Å². The second kappa shape index (κ2) is 4.96. The van der Waals surface area contributed by atoms with Crippen molar-refractivity contribution in [2.45, 2.75) is 46.0 Å². The van der Waals surface area contributed by atoms with Crippen molar-refractivity contribution in [2.24, 2.45) is 0 Å². The molecule has 2 aliphatic rings. The van der Waals surface area contributed by atoms with Gasteiger partial charge < -0.3 is 0 Å². The molecule has 0 radical (unpaired) electrons. The van der Waals surface area contributed by atoms with E-state index in [9.17, 15) is 0 Å². The van der Waals surface area contributed by atoms with Crippen LogP contribution in [0.3, 0.4) is 0 Å². The van der Waals surface area contributed by atoms with Gasteiger partial charge in [0, 0.05) is 5.41 Å². The fourth-order valence-electron chi connectivity index (χ4n) is 4.46. The first-order valence-corrected chi connectivity index (χ1v) is 8.57. The average Bonchev–Trinajstić information content (AvgIpc) is 3.13. The van der Waals surface area contributed by atoms with Crippen LogP contribution in [0.5, 0.6) is 0 Å². The molecule has 0 saturated heterocycles. The van der Waals surface area contributed by atoms with E-state index in [1.807, 2.05) is 0 Å². The van der Waals surface area contributed by atoms with Gasteiger partial charge in [0.15, 0.2) is 0 Å². The molecule has 23 heavy (non-hydrogen) atoms. The molecule has 0 spiro atoms. The van der Waals surface area contributed by atoms with Crippen molar-refractivity contribution in [1.82, 2.24) is 0 Å². The Hall–Kier alpha value is -2.08. The van der Waals surface area contributed by atoms with Gasteiger partial charge in [0.1, 0.15) is 0 Å². The molecule has 116 valence electrons. The highest BCUT2D eigenvalue weighted by atomic mass is 14.4. The molecule has 0 aromatic heterocycles. The third kappa shape index (κ3) is 2.12. The zero-order chi connectivity index (χ0) is 16.2. The summed E-state index contributed by atoms with van der Waals surface area (Å²) in [5.74, 6) is 0. The summed E-state index contributed by atoms with van der Waals surface area (Å²) in [6.45, 7) is 9.24. The normalized spacial score (nSPS) is 15.6. The van der Waals surface area contributed by atoms with Crippen LogP contribution < -0.4 is 0 Å². The number of hydrogen-bond donors (Lipinski definition) is 0. The molecule has 0 N–H and O–H groups in total. The summed E-state index contributed by atoms with van der Waals surface area (Å²) in [5, 5.41) is 0. The molecule has 0 fully saturated rings. The highest BCUT2D eigenvalue weighted by Gasteiger charge is 2.33. The standard InChI is InChI=1S/C23H24/c1-15-9-11-19-17(13-15)14-21-20(19)12-10-16(2)22(21)23(3,4)18-7-5-6-8-18/h5-7,9-13H,8,14H2,1-4H3. The highest BCUT2D eigenvalue weighted by Crippen LogP contribution is 2.46. The Morgan fingerprint density at radius 1 is 0.957 bits per heavy atom. The van der Waals surface area contributed by atoms with Gasteiger partial charge in [-0.2, -0.15) is 0 Å². The van der Waals surface area contributed by atoms with E-state index in [1.165, 1.54) is 33.4 Å². The van der Waals surface area contributed by atoms with Gasteiger partial charge in [0.2, 0.25) is 0 Å². The largest absolute Gasteiger partial charge is 0.0804 e. The van der Waals surface area contributed by atoms with E-state index in [-0.39, 0.29) is 5.41 Å². The van der Waals surface area contributed by atoms with Crippen molar-refractivity contribution in [3.8, 4) is 11.1 Å². The van der Waals surface area contributed by atoms with Crippen LogP contribution in [0, 0.1) is 13.8 Å². The molecule has 0 unspecified atom stereocenters. The molecular formula is C23H24. The lowest BCUT2D eigenvalue weighted by molar-refractivity contribution is 0.604. The van der Waals surface area contributed by atoms with Crippen molar-refractivity contribution in [3.63, 3.8) is 0 Å². The van der Waals surface area contributed by atoms with Gasteiger partial charge in [-0.3, -0.25) is 0 Å². The summed E-state index contributed by atoms with van der Waals surface area (Å²) in [6, 6.07) is 11.5. The lowest BCUT2D eigenvalue weighted by Gasteiger charge is -2.31. The molecule has 4 rings (SSSR count). The van der Waals surface area contributed by atoms with Gasteiger partial charge >= 0.3 is 0 Å². The van der Waals surface area contributed by atoms with Gasteiger partial charge in [-0.05, 0) is 60.1 Å². The van der Waals surface area contributed by atoms with Crippen molar-refractivity contribution in [2.75, 3.05) is 0 Å². The third-order valence-electron chi connectivity index (χ3n) is 5.64. The molecule has 0 atom stereocenters.